The summed E-state index contributed by atoms with van der Waals surface area (Å²) >= 11 is 0. The minimum Gasteiger partial charge on any atom is -0.465 e. The quantitative estimate of drug-likeness (QED) is 0.0104. The number of hydrogen-bond donors (Lipinski definition) is 5. The number of pyridine rings is 1. The number of ether oxygens (including phenoxy) is 4. The van der Waals surface area contributed by atoms with E-state index in [1.165, 1.54) is 65.8 Å². The molecule has 17 heteroatoms. The predicted molar refractivity (Wildman–Crippen MR) is 263 cm³/mol. The Morgan fingerprint density at radius 1 is 0.725 bits per heavy atom. The van der Waals surface area contributed by atoms with Gasteiger partial charge >= 0.3 is 23.9 Å². The first-order valence-corrected chi connectivity index (χ1v) is 22.5. The first kappa shape index (κ1) is 55.4. The molecule has 0 bridgehead atoms. The molecule has 366 valence electrons. The van der Waals surface area contributed by atoms with Crippen LogP contribution in [0.25, 0.3) is 0 Å². The second-order valence-electron chi connectivity index (χ2n) is 16.1. The molecule has 0 aliphatic rings. The van der Waals surface area contributed by atoms with Gasteiger partial charge in [-0.2, -0.15) is 0 Å². The zero-order valence-corrected chi connectivity index (χ0v) is 39.8. The fourth-order valence-electron chi connectivity index (χ4n) is 5.83. The highest BCUT2D eigenvalue weighted by Crippen LogP contribution is 2.29. The zero-order valence-electron chi connectivity index (χ0n) is 39.8. The topological polar surface area (TPSA) is 239 Å². The van der Waals surface area contributed by atoms with Gasteiger partial charge in [-0.1, -0.05) is 106 Å². The third-order valence-corrected chi connectivity index (χ3v) is 9.59. The van der Waals surface area contributed by atoms with Crippen molar-refractivity contribution in [2.75, 3.05) is 27.2 Å². The van der Waals surface area contributed by atoms with Crippen LogP contribution < -0.4 is 25.4 Å². The Morgan fingerprint density at radius 3 is 1.94 bits per heavy atom. The molecule has 2 amide bonds. The number of amides is 2. The van der Waals surface area contributed by atoms with Crippen molar-refractivity contribution >= 4 is 47.6 Å². The van der Waals surface area contributed by atoms with Crippen molar-refractivity contribution in [3.05, 3.63) is 151 Å². The van der Waals surface area contributed by atoms with Crippen molar-refractivity contribution in [2.45, 2.75) is 78.2 Å². The number of nitrogens with zero attached hydrogens (tertiary/aromatic N) is 2. The van der Waals surface area contributed by atoms with Crippen LogP contribution in [0.5, 0.6) is 11.5 Å². The molecule has 0 aliphatic heterocycles. The number of aromatic nitrogens is 1. The molecule has 5 N–H and O–H groups in total. The number of nitrogens with one attached hydrogen (secondary N) is 5. The lowest BCUT2D eigenvalue weighted by Gasteiger charge is -2.32. The molecule has 3 aromatic rings. The minimum absolute atomic E-state index is 0.0861. The first-order chi connectivity index (χ1) is 33.1. The Morgan fingerprint density at radius 2 is 1.32 bits per heavy atom. The van der Waals surface area contributed by atoms with Crippen LogP contribution in [0.2, 0.25) is 0 Å². The van der Waals surface area contributed by atoms with E-state index in [-0.39, 0.29) is 60.1 Å². The third kappa shape index (κ3) is 21.0. The van der Waals surface area contributed by atoms with Crippen molar-refractivity contribution in [3.8, 4) is 11.5 Å². The number of hydrogen-bond acceptors (Lipinski definition) is 13. The molecule has 0 saturated carbocycles. The van der Waals surface area contributed by atoms with Crippen molar-refractivity contribution < 1.29 is 47.7 Å². The van der Waals surface area contributed by atoms with Crippen LogP contribution in [0.3, 0.4) is 0 Å². The molecule has 1 atom stereocenters. The van der Waals surface area contributed by atoms with Crippen LogP contribution in [0, 0.1) is 16.2 Å². The maximum atomic E-state index is 14.0. The molecule has 0 fully saturated rings. The fraction of sp³-hybridized carbons (Fsp3) is 0.327. The third-order valence-electron chi connectivity index (χ3n) is 9.59. The van der Waals surface area contributed by atoms with E-state index in [9.17, 15) is 28.8 Å². The monoisotopic (exact) mass is 945 g/mol. The van der Waals surface area contributed by atoms with Crippen molar-refractivity contribution in [3.63, 3.8) is 0 Å². The number of unbranched alkanes of at least 4 members (excludes halogenated alkanes) is 1. The lowest BCUT2D eigenvalue weighted by Crippen LogP contribution is -2.50. The molecule has 69 heavy (non-hydrogen) atoms. The fourth-order valence-corrected chi connectivity index (χ4v) is 5.83. The molecule has 17 nitrogen and oxygen atoms in total. The average molecular weight is 946 g/mol. The number of allylic oxidation sites excluding steroid dienone is 10. The SMILES string of the molecule is CC/C=C\C/C=C\C/C=C\C/C=C/C=C/CCCC(=O)OCC(C)(C)[C@@H](OC(=O)c1ccccc1OC(=O)c1ccccc1OC(=O)c1cccnc1)C(=O)NCCC(=O)NC(=N)NC(=N)N(C)C. The maximum Gasteiger partial charge on any atom is 0.347 e. The molecular weight excluding hydrogens is 883 g/mol. The summed E-state index contributed by atoms with van der Waals surface area (Å²) < 4.78 is 22.5. The van der Waals surface area contributed by atoms with E-state index in [4.69, 9.17) is 29.8 Å². The second-order valence-corrected chi connectivity index (χ2v) is 16.1. The van der Waals surface area contributed by atoms with Crippen LogP contribution in [-0.4, -0.2) is 90.8 Å². The van der Waals surface area contributed by atoms with Crippen LogP contribution >= 0.6 is 0 Å². The average Bonchev–Trinajstić information content (AvgIpc) is 3.32. The largest absolute Gasteiger partial charge is 0.465 e. The molecule has 1 heterocycles. The van der Waals surface area contributed by atoms with Gasteiger partial charge in [-0.15, -0.1) is 0 Å². The van der Waals surface area contributed by atoms with Gasteiger partial charge < -0.3 is 29.2 Å². The van der Waals surface area contributed by atoms with Gasteiger partial charge in [0, 0.05) is 51.3 Å². The van der Waals surface area contributed by atoms with Crippen LogP contribution in [0.1, 0.15) is 103 Å². The summed E-state index contributed by atoms with van der Waals surface area (Å²) in [6.07, 6.45) is 26.4. The molecular formula is C52H63N7O10. The zero-order chi connectivity index (χ0) is 50.4. The van der Waals surface area contributed by atoms with Crippen LogP contribution in [0.15, 0.2) is 134 Å². The van der Waals surface area contributed by atoms with E-state index in [0.29, 0.717) is 12.8 Å². The summed E-state index contributed by atoms with van der Waals surface area (Å²) in [4.78, 5) is 84.9. The highest BCUT2D eigenvalue weighted by Gasteiger charge is 2.40. The molecule has 1 aromatic heterocycles. The van der Waals surface area contributed by atoms with E-state index >= 15 is 0 Å². The smallest absolute Gasteiger partial charge is 0.347 e. The van der Waals surface area contributed by atoms with Gasteiger partial charge in [0.1, 0.15) is 29.2 Å². The first-order valence-electron chi connectivity index (χ1n) is 22.5. The number of para-hydroxylation sites is 2. The molecule has 0 saturated heterocycles. The van der Waals surface area contributed by atoms with Crippen molar-refractivity contribution in [1.82, 2.24) is 25.8 Å². The van der Waals surface area contributed by atoms with Gasteiger partial charge in [-0.25, -0.2) is 14.4 Å². The lowest BCUT2D eigenvalue weighted by molar-refractivity contribution is -0.153. The van der Waals surface area contributed by atoms with Gasteiger partial charge in [-0.3, -0.25) is 40.8 Å². The van der Waals surface area contributed by atoms with E-state index in [0.717, 1.165) is 25.7 Å². The molecule has 0 unspecified atom stereocenters. The minimum atomic E-state index is -1.62. The summed E-state index contributed by atoms with van der Waals surface area (Å²) in [5.74, 6) is -5.78. The van der Waals surface area contributed by atoms with Gasteiger partial charge in [0.05, 0.1) is 5.56 Å². The predicted octanol–water partition coefficient (Wildman–Crippen LogP) is 7.79. The normalized spacial score (nSPS) is 12.0. The summed E-state index contributed by atoms with van der Waals surface area (Å²) in [5.41, 5.74) is -1.58. The summed E-state index contributed by atoms with van der Waals surface area (Å²) in [5, 5.41) is 22.9. The Kier molecular flexibility index (Phi) is 24.4. The van der Waals surface area contributed by atoms with Gasteiger partial charge in [0.2, 0.25) is 11.9 Å². The summed E-state index contributed by atoms with van der Waals surface area (Å²) in [6.45, 7) is 4.63. The molecule has 0 aliphatic carbocycles. The summed E-state index contributed by atoms with van der Waals surface area (Å²) in [6, 6.07) is 14.6. The van der Waals surface area contributed by atoms with Crippen molar-refractivity contribution in [2.24, 2.45) is 5.41 Å². The number of guanidine groups is 2. The lowest BCUT2D eigenvalue weighted by atomic mass is 9.86. The van der Waals surface area contributed by atoms with Gasteiger partial charge in [0.25, 0.3) is 5.91 Å². The molecule has 3 rings (SSSR count). The van der Waals surface area contributed by atoms with Gasteiger partial charge in [0.15, 0.2) is 12.1 Å². The Balaban J connectivity index is 1.67. The highest BCUT2D eigenvalue weighted by molar-refractivity contribution is 6.03. The number of benzene rings is 2. The van der Waals surface area contributed by atoms with E-state index in [2.05, 4.69) is 64.3 Å². The Bertz CT molecular complexity index is 2370. The molecule has 2 aromatic carbocycles. The number of carbonyl (C=O) groups is 6. The van der Waals surface area contributed by atoms with Gasteiger partial charge in [-0.05, 0) is 74.9 Å². The number of rotatable bonds is 25. The maximum absolute atomic E-state index is 14.0. The number of esters is 4. The van der Waals surface area contributed by atoms with E-state index in [1.807, 2.05) is 24.3 Å². The van der Waals surface area contributed by atoms with E-state index in [1.54, 1.807) is 40.1 Å². The Labute approximate surface area is 403 Å². The second kappa shape index (κ2) is 30.4. The molecule has 0 spiro atoms. The van der Waals surface area contributed by atoms with Crippen LogP contribution in [-0.2, 0) is 23.9 Å². The molecule has 0 radical (unpaired) electrons. The highest BCUT2D eigenvalue weighted by atomic mass is 16.6. The Hall–Kier alpha value is -7.95. The van der Waals surface area contributed by atoms with E-state index < -0.39 is 53.2 Å². The number of carbonyl (C=O) groups excluding carboxylic acids is 6. The van der Waals surface area contributed by atoms with Crippen LogP contribution in [0.4, 0.5) is 0 Å². The van der Waals surface area contributed by atoms with Crippen molar-refractivity contribution in [1.29, 1.82) is 10.8 Å². The summed E-state index contributed by atoms with van der Waals surface area (Å²) in [7, 11) is 3.16. The standard InChI is InChI=1S/C52H63N7O10/c1-6-7-8-9-10-11-12-13-14-15-16-17-18-19-20-21-32-44(61)66-37-52(2,3)45(46(62)56-35-33-43(60)57-50(53)58-51(54)59(4)5)69-49(65)40-29-23-25-31-42(40)68-48(64)39-28-22-24-30-41(39)67-47(63)38-27-26-34-55-36-38/h7-8,10-11,13-14,16-19,22-31,34,36,45H,6,9,12,15,20-21,32-33,35,37H2,1-5H3,(H,56,62)(H4,53,54,57,58,60)/b8-7-,11-10-,14-13-,17-16+,19-18+/t45-/m0/s1.